The lowest BCUT2D eigenvalue weighted by Crippen LogP contribution is -2.49. The lowest BCUT2D eigenvalue weighted by molar-refractivity contribution is -0.128. The third-order valence-electron chi connectivity index (χ3n) is 4.92. The SMILES string of the molecule is CC(C)CNC(=O)C1CN(Cc2ccc(-n3cccn3)cc2)c2ccccc2O1. The van der Waals surface area contributed by atoms with Crippen molar-refractivity contribution in [3.8, 4) is 11.4 Å². The molecule has 1 amide bonds. The summed E-state index contributed by atoms with van der Waals surface area (Å²) in [6.45, 7) is 6.03. The normalized spacial score (nSPS) is 15.7. The number of hydrogen-bond donors (Lipinski definition) is 1. The van der Waals surface area contributed by atoms with Gasteiger partial charge in [-0.05, 0) is 41.8 Å². The van der Waals surface area contributed by atoms with Gasteiger partial charge >= 0.3 is 0 Å². The van der Waals surface area contributed by atoms with Crippen LogP contribution in [0, 0.1) is 5.92 Å². The fourth-order valence-electron chi connectivity index (χ4n) is 3.41. The molecule has 0 radical (unpaired) electrons. The fourth-order valence-corrected chi connectivity index (χ4v) is 3.41. The smallest absolute Gasteiger partial charge is 0.262 e. The molecule has 2 heterocycles. The standard InChI is InChI=1S/C23H26N4O2/c1-17(2)14-24-23(28)22-16-26(20-6-3-4-7-21(20)29-22)15-18-8-10-19(11-9-18)27-13-5-12-25-27/h3-13,17,22H,14-16H2,1-2H3,(H,24,28). The van der Waals surface area contributed by atoms with Gasteiger partial charge in [-0.15, -0.1) is 0 Å². The zero-order chi connectivity index (χ0) is 20.2. The predicted molar refractivity (Wildman–Crippen MR) is 113 cm³/mol. The van der Waals surface area contributed by atoms with Crippen LogP contribution in [0.3, 0.4) is 0 Å². The summed E-state index contributed by atoms with van der Waals surface area (Å²) < 4.78 is 7.83. The van der Waals surface area contributed by atoms with Gasteiger partial charge in [0.25, 0.3) is 5.91 Å². The summed E-state index contributed by atoms with van der Waals surface area (Å²) >= 11 is 0. The average molecular weight is 390 g/mol. The minimum atomic E-state index is -0.521. The maximum Gasteiger partial charge on any atom is 0.262 e. The molecular formula is C23H26N4O2. The number of amides is 1. The van der Waals surface area contributed by atoms with Crippen LogP contribution in [0.5, 0.6) is 5.75 Å². The van der Waals surface area contributed by atoms with E-state index in [1.54, 1.807) is 6.20 Å². The Labute approximate surface area is 171 Å². The number of benzene rings is 2. The minimum Gasteiger partial charge on any atom is -0.477 e. The molecular weight excluding hydrogens is 364 g/mol. The van der Waals surface area contributed by atoms with Gasteiger partial charge < -0.3 is 15.0 Å². The minimum absolute atomic E-state index is 0.0627. The molecule has 0 aliphatic carbocycles. The lowest BCUT2D eigenvalue weighted by atomic mass is 10.1. The van der Waals surface area contributed by atoms with Gasteiger partial charge in [0.05, 0.1) is 17.9 Å². The van der Waals surface area contributed by atoms with Gasteiger partial charge in [-0.25, -0.2) is 4.68 Å². The molecule has 1 aliphatic heterocycles. The van der Waals surface area contributed by atoms with Crippen LogP contribution in [-0.4, -0.2) is 34.9 Å². The Balaban J connectivity index is 1.51. The van der Waals surface area contributed by atoms with Crippen LogP contribution in [0.2, 0.25) is 0 Å². The number of nitrogens with zero attached hydrogens (tertiary/aromatic N) is 3. The first kappa shape index (κ1) is 19.1. The Morgan fingerprint density at radius 3 is 2.69 bits per heavy atom. The summed E-state index contributed by atoms with van der Waals surface area (Å²) in [6.07, 6.45) is 3.17. The summed E-state index contributed by atoms with van der Waals surface area (Å²) in [6, 6.07) is 18.1. The first-order valence-electron chi connectivity index (χ1n) is 9.97. The molecule has 1 atom stereocenters. The number of nitrogens with one attached hydrogen (secondary N) is 1. The van der Waals surface area contributed by atoms with Crippen LogP contribution in [-0.2, 0) is 11.3 Å². The Morgan fingerprint density at radius 2 is 1.97 bits per heavy atom. The van der Waals surface area contributed by atoms with Gasteiger partial charge in [0.15, 0.2) is 6.10 Å². The molecule has 0 spiro atoms. The predicted octanol–water partition coefficient (Wildman–Crippen LogP) is 3.41. The van der Waals surface area contributed by atoms with E-state index in [2.05, 4.69) is 53.4 Å². The van der Waals surface area contributed by atoms with E-state index in [-0.39, 0.29) is 5.91 Å². The quantitative estimate of drug-likeness (QED) is 0.701. The number of para-hydroxylation sites is 2. The van der Waals surface area contributed by atoms with Crippen molar-refractivity contribution in [3.63, 3.8) is 0 Å². The number of hydrogen-bond acceptors (Lipinski definition) is 4. The van der Waals surface area contributed by atoms with Crippen molar-refractivity contribution >= 4 is 11.6 Å². The summed E-state index contributed by atoms with van der Waals surface area (Å²) in [7, 11) is 0. The van der Waals surface area contributed by atoms with E-state index < -0.39 is 6.10 Å². The van der Waals surface area contributed by atoms with E-state index in [9.17, 15) is 4.79 Å². The van der Waals surface area contributed by atoms with Crippen molar-refractivity contribution in [1.29, 1.82) is 0 Å². The molecule has 1 aromatic heterocycles. The van der Waals surface area contributed by atoms with E-state index in [4.69, 9.17) is 4.74 Å². The van der Waals surface area contributed by atoms with Crippen molar-refractivity contribution in [3.05, 3.63) is 72.6 Å². The molecule has 1 N–H and O–H groups in total. The van der Waals surface area contributed by atoms with Crippen LogP contribution in [0.15, 0.2) is 67.0 Å². The second kappa shape index (κ2) is 8.39. The summed E-state index contributed by atoms with van der Waals surface area (Å²) in [5, 5.41) is 7.26. The number of rotatable bonds is 6. The highest BCUT2D eigenvalue weighted by atomic mass is 16.5. The Bertz CT molecular complexity index is 951. The van der Waals surface area contributed by atoms with E-state index in [0.717, 1.165) is 17.1 Å². The van der Waals surface area contributed by atoms with Crippen molar-refractivity contribution in [2.75, 3.05) is 18.0 Å². The molecule has 0 bridgehead atoms. The molecule has 150 valence electrons. The maximum atomic E-state index is 12.6. The summed E-state index contributed by atoms with van der Waals surface area (Å²) in [5.74, 6) is 1.09. The molecule has 0 saturated heterocycles. The summed E-state index contributed by atoms with van der Waals surface area (Å²) in [4.78, 5) is 14.8. The van der Waals surface area contributed by atoms with Gasteiger partial charge in [0.2, 0.25) is 0 Å². The zero-order valence-corrected chi connectivity index (χ0v) is 16.8. The van der Waals surface area contributed by atoms with Crippen molar-refractivity contribution in [2.24, 2.45) is 5.92 Å². The fraction of sp³-hybridized carbons (Fsp3) is 0.304. The Hall–Kier alpha value is -3.28. The molecule has 4 rings (SSSR count). The second-order valence-corrected chi connectivity index (χ2v) is 7.71. The van der Waals surface area contributed by atoms with Crippen LogP contribution < -0.4 is 15.0 Å². The van der Waals surface area contributed by atoms with Gasteiger partial charge in [0, 0.05) is 25.5 Å². The van der Waals surface area contributed by atoms with Crippen LogP contribution in [0.25, 0.3) is 5.69 Å². The third-order valence-corrected chi connectivity index (χ3v) is 4.92. The number of fused-ring (bicyclic) bond motifs is 1. The molecule has 2 aromatic carbocycles. The number of carbonyl (C=O) groups excluding carboxylic acids is 1. The van der Waals surface area contributed by atoms with E-state index in [1.165, 1.54) is 5.56 Å². The molecule has 1 unspecified atom stereocenters. The molecule has 0 saturated carbocycles. The monoisotopic (exact) mass is 390 g/mol. The third kappa shape index (κ3) is 4.42. The highest BCUT2D eigenvalue weighted by molar-refractivity contribution is 5.83. The molecule has 1 aliphatic rings. The van der Waals surface area contributed by atoms with Crippen molar-refractivity contribution in [1.82, 2.24) is 15.1 Å². The van der Waals surface area contributed by atoms with Gasteiger partial charge in [-0.3, -0.25) is 4.79 Å². The van der Waals surface area contributed by atoms with Crippen molar-refractivity contribution in [2.45, 2.75) is 26.5 Å². The maximum absolute atomic E-state index is 12.6. The molecule has 3 aromatic rings. The number of carbonyl (C=O) groups is 1. The van der Waals surface area contributed by atoms with Gasteiger partial charge in [0.1, 0.15) is 5.75 Å². The summed E-state index contributed by atoms with van der Waals surface area (Å²) in [5.41, 5.74) is 3.20. The van der Waals surface area contributed by atoms with Crippen molar-refractivity contribution < 1.29 is 9.53 Å². The zero-order valence-electron chi connectivity index (χ0n) is 16.8. The van der Waals surface area contributed by atoms with Gasteiger partial charge in [-0.1, -0.05) is 38.1 Å². The number of aromatic nitrogens is 2. The molecule has 0 fully saturated rings. The molecule has 6 heteroatoms. The topological polar surface area (TPSA) is 59.4 Å². The highest BCUT2D eigenvalue weighted by Crippen LogP contribution is 2.34. The first-order valence-corrected chi connectivity index (χ1v) is 9.97. The van der Waals surface area contributed by atoms with E-state index in [1.807, 2.05) is 41.2 Å². The van der Waals surface area contributed by atoms with Crippen LogP contribution in [0.1, 0.15) is 19.4 Å². The number of anilines is 1. The molecule has 6 nitrogen and oxygen atoms in total. The van der Waals surface area contributed by atoms with E-state index in [0.29, 0.717) is 25.6 Å². The highest BCUT2D eigenvalue weighted by Gasteiger charge is 2.30. The van der Waals surface area contributed by atoms with Gasteiger partial charge in [-0.2, -0.15) is 5.10 Å². The van der Waals surface area contributed by atoms with Crippen LogP contribution >= 0.6 is 0 Å². The average Bonchev–Trinajstić information content (AvgIpc) is 3.27. The first-order chi connectivity index (χ1) is 14.1. The molecule has 29 heavy (non-hydrogen) atoms. The Morgan fingerprint density at radius 1 is 1.17 bits per heavy atom. The van der Waals surface area contributed by atoms with E-state index >= 15 is 0 Å². The number of ether oxygens (including phenoxy) is 1. The second-order valence-electron chi connectivity index (χ2n) is 7.71. The lowest BCUT2D eigenvalue weighted by Gasteiger charge is -2.35. The largest absolute Gasteiger partial charge is 0.477 e. The Kier molecular flexibility index (Phi) is 5.51. The van der Waals surface area contributed by atoms with Crippen LogP contribution in [0.4, 0.5) is 5.69 Å².